The molecule has 0 aromatic carbocycles. The van der Waals surface area contributed by atoms with E-state index in [2.05, 4.69) is 15.3 Å². The van der Waals surface area contributed by atoms with Crippen molar-refractivity contribution in [1.29, 1.82) is 0 Å². The van der Waals surface area contributed by atoms with Crippen LogP contribution in [-0.2, 0) is 0 Å². The summed E-state index contributed by atoms with van der Waals surface area (Å²) < 4.78 is 1.80. The summed E-state index contributed by atoms with van der Waals surface area (Å²) in [7, 11) is 1.97. The summed E-state index contributed by atoms with van der Waals surface area (Å²) in [6.07, 6.45) is 2.11. The predicted octanol–water partition coefficient (Wildman–Crippen LogP) is 2.12. The SMILES string of the molecule is CNCC1CCN(c2c([N+](=O)[O-])c(C)nn2C(C)C)CC1. The minimum Gasteiger partial charge on any atom is -0.351 e. The second-order valence-electron chi connectivity index (χ2n) is 6.04. The molecule has 2 rings (SSSR count). The third-order valence-corrected chi connectivity index (χ3v) is 4.11. The molecule has 1 fully saturated rings. The van der Waals surface area contributed by atoms with Gasteiger partial charge in [-0.3, -0.25) is 10.1 Å². The first kappa shape index (κ1) is 15.8. The second kappa shape index (κ2) is 6.43. The van der Waals surface area contributed by atoms with Crippen molar-refractivity contribution in [3.05, 3.63) is 15.8 Å². The van der Waals surface area contributed by atoms with Crippen LogP contribution in [0, 0.1) is 23.0 Å². The maximum absolute atomic E-state index is 11.4. The van der Waals surface area contributed by atoms with E-state index in [-0.39, 0.29) is 16.7 Å². The van der Waals surface area contributed by atoms with Crippen molar-refractivity contribution in [3.8, 4) is 0 Å². The summed E-state index contributed by atoms with van der Waals surface area (Å²) >= 11 is 0. The van der Waals surface area contributed by atoms with Crippen molar-refractivity contribution >= 4 is 11.5 Å². The molecule has 1 aromatic heterocycles. The third kappa shape index (κ3) is 3.18. The van der Waals surface area contributed by atoms with Crippen LogP contribution in [0.2, 0.25) is 0 Å². The molecule has 0 bridgehead atoms. The first-order chi connectivity index (χ1) is 9.95. The average Bonchev–Trinajstić information content (AvgIpc) is 2.78. The molecule has 0 amide bonds. The van der Waals surface area contributed by atoms with Gasteiger partial charge in [-0.25, -0.2) is 4.68 Å². The minimum atomic E-state index is -0.295. The number of nitrogens with one attached hydrogen (secondary N) is 1. The van der Waals surface area contributed by atoms with Crippen LogP contribution < -0.4 is 10.2 Å². The molecule has 0 unspecified atom stereocenters. The van der Waals surface area contributed by atoms with E-state index in [1.54, 1.807) is 11.6 Å². The number of rotatable bonds is 5. The van der Waals surface area contributed by atoms with Crippen LogP contribution >= 0.6 is 0 Å². The summed E-state index contributed by atoms with van der Waals surface area (Å²) in [5.41, 5.74) is 0.664. The lowest BCUT2D eigenvalue weighted by molar-refractivity contribution is -0.384. The standard InChI is InChI=1S/C14H25N5O2/c1-10(2)18-14(13(19(20)21)11(3)16-18)17-7-5-12(6-8-17)9-15-4/h10,12,15H,5-9H2,1-4H3. The van der Waals surface area contributed by atoms with Crippen LogP contribution in [0.25, 0.3) is 0 Å². The Morgan fingerprint density at radius 3 is 2.52 bits per heavy atom. The molecule has 7 heteroatoms. The topological polar surface area (TPSA) is 76.2 Å². The Bertz CT molecular complexity index is 504. The Hall–Kier alpha value is -1.63. The van der Waals surface area contributed by atoms with Crippen molar-refractivity contribution in [2.75, 3.05) is 31.6 Å². The van der Waals surface area contributed by atoms with Gasteiger partial charge >= 0.3 is 5.69 Å². The third-order valence-electron chi connectivity index (χ3n) is 4.11. The van der Waals surface area contributed by atoms with E-state index in [9.17, 15) is 10.1 Å². The van der Waals surface area contributed by atoms with E-state index in [0.29, 0.717) is 17.4 Å². The van der Waals surface area contributed by atoms with Gasteiger partial charge in [-0.2, -0.15) is 5.10 Å². The fraction of sp³-hybridized carbons (Fsp3) is 0.786. The van der Waals surface area contributed by atoms with Gasteiger partial charge in [-0.05, 0) is 53.1 Å². The first-order valence-electron chi connectivity index (χ1n) is 7.58. The number of hydrogen-bond acceptors (Lipinski definition) is 5. The molecular weight excluding hydrogens is 270 g/mol. The molecule has 0 radical (unpaired) electrons. The maximum Gasteiger partial charge on any atom is 0.333 e. The van der Waals surface area contributed by atoms with E-state index in [1.165, 1.54) is 0 Å². The monoisotopic (exact) mass is 295 g/mol. The summed E-state index contributed by atoms with van der Waals surface area (Å²) in [6.45, 7) is 8.45. The maximum atomic E-state index is 11.4. The summed E-state index contributed by atoms with van der Waals surface area (Å²) in [6, 6.07) is 0.113. The number of anilines is 1. The second-order valence-corrected chi connectivity index (χ2v) is 6.04. The first-order valence-corrected chi connectivity index (χ1v) is 7.58. The normalized spacial score (nSPS) is 16.7. The van der Waals surface area contributed by atoms with Crippen molar-refractivity contribution in [3.63, 3.8) is 0 Å². The average molecular weight is 295 g/mol. The Morgan fingerprint density at radius 1 is 1.43 bits per heavy atom. The molecule has 21 heavy (non-hydrogen) atoms. The fourth-order valence-electron chi connectivity index (χ4n) is 3.03. The number of aromatic nitrogens is 2. The van der Waals surface area contributed by atoms with Crippen LogP contribution in [0.4, 0.5) is 11.5 Å². The summed E-state index contributed by atoms with van der Waals surface area (Å²) in [5.74, 6) is 1.33. The van der Waals surface area contributed by atoms with Crippen LogP contribution in [0.15, 0.2) is 0 Å². The molecule has 0 aliphatic carbocycles. The number of nitrogens with zero attached hydrogens (tertiary/aromatic N) is 4. The van der Waals surface area contributed by atoms with Gasteiger partial charge in [-0.1, -0.05) is 0 Å². The van der Waals surface area contributed by atoms with E-state index in [4.69, 9.17) is 0 Å². The van der Waals surface area contributed by atoms with Gasteiger partial charge in [0.25, 0.3) is 0 Å². The zero-order valence-corrected chi connectivity index (χ0v) is 13.3. The molecule has 1 aliphatic heterocycles. The van der Waals surface area contributed by atoms with Crippen LogP contribution in [-0.4, -0.2) is 41.4 Å². The Balaban J connectivity index is 2.28. The molecule has 0 saturated carbocycles. The van der Waals surface area contributed by atoms with E-state index >= 15 is 0 Å². The van der Waals surface area contributed by atoms with Gasteiger partial charge in [0.1, 0.15) is 5.69 Å². The molecule has 1 aliphatic rings. The highest BCUT2D eigenvalue weighted by Gasteiger charge is 2.32. The number of aryl methyl sites for hydroxylation is 1. The summed E-state index contributed by atoms with van der Waals surface area (Å²) in [5, 5.41) is 19.0. The van der Waals surface area contributed by atoms with E-state index < -0.39 is 0 Å². The lowest BCUT2D eigenvalue weighted by atomic mass is 9.97. The van der Waals surface area contributed by atoms with E-state index in [1.807, 2.05) is 20.9 Å². The van der Waals surface area contributed by atoms with Crippen molar-refractivity contribution in [2.45, 2.75) is 39.7 Å². The van der Waals surface area contributed by atoms with Gasteiger partial charge in [0.2, 0.25) is 5.82 Å². The van der Waals surface area contributed by atoms with Gasteiger partial charge in [0.15, 0.2) is 0 Å². The highest BCUT2D eigenvalue weighted by Crippen LogP contribution is 2.35. The fourth-order valence-corrected chi connectivity index (χ4v) is 3.03. The van der Waals surface area contributed by atoms with Crippen molar-refractivity contribution < 1.29 is 4.92 Å². The Labute approximate surface area is 125 Å². The molecule has 7 nitrogen and oxygen atoms in total. The summed E-state index contributed by atoms with van der Waals surface area (Å²) in [4.78, 5) is 13.2. The zero-order valence-electron chi connectivity index (χ0n) is 13.3. The van der Waals surface area contributed by atoms with Gasteiger partial charge in [-0.15, -0.1) is 0 Å². The molecule has 2 heterocycles. The van der Waals surface area contributed by atoms with Crippen LogP contribution in [0.1, 0.15) is 38.4 Å². The van der Waals surface area contributed by atoms with E-state index in [0.717, 1.165) is 32.5 Å². The molecule has 1 N–H and O–H groups in total. The molecule has 0 atom stereocenters. The molecular formula is C14H25N5O2. The Kier molecular flexibility index (Phi) is 4.82. The molecule has 1 saturated heterocycles. The molecule has 1 aromatic rings. The number of nitro groups is 1. The van der Waals surface area contributed by atoms with Gasteiger partial charge in [0, 0.05) is 19.1 Å². The van der Waals surface area contributed by atoms with Gasteiger partial charge in [0.05, 0.1) is 4.92 Å². The quantitative estimate of drug-likeness (QED) is 0.665. The largest absolute Gasteiger partial charge is 0.351 e. The van der Waals surface area contributed by atoms with Crippen LogP contribution in [0.5, 0.6) is 0 Å². The highest BCUT2D eigenvalue weighted by atomic mass is 16.6. The smallest absolute Gasteiger partial charge is 0.333 e. The van der Waals surface area contributed by atoms with Gasteiger partial charge < -0.3 is 10.2 Å². The lowest BCUT2D eigenvalue weighted by Crippen LogP contribution is -2.38. The Morgan fingerprint density at radius 2 is 2.05 bits per heavy atom. The number of hydrogen-bond donors (Lipinski definition) is 1. The lowest BCUT2D eigenvalue weighted by Gasteiger charge is -2.33. The van der Waals surface area contributed by atoms with Crippen molar-refractivity contribution in [1.82, 2.24) is 15.1 Å². The minimum absolute atomic E-state index is 0.113. The zero-order chi connectivity index (χ0) is 15.6. The number of piperidine rings is 1. The van der Waals surface area contributed by atoms with Crippen LogP contribution in [0.3, 0.4) is 0 Å². The molecule has 0 spiro atoms. The predicted molar refractivity (Wildman–Crippen MR) is 82.9 cm³/mol. The highest BCUT2D eigenvalue weighted by molar-refractivity contribution is 5.61. The molecule has 118 valence electrons. The van der Waals surface area contributed by atoms with Crippen molar-refractivity contribution in [2.24, 2.45) is 5.92 Å².